The molecule has 1 heterocycles. The summed E-state index contributed by atoms with van der Waals surface area (Å²) in [7, 11) is 1.59. The Morgan fingerprint density at radius 2 is 2.10 bits per heavy atom. The van der Waals surface area contributed by atoms with Gasteiger partial charge in [-0.1, -0.05) is 12.1 Å². The second kappa shape index (κ2) is 6.67. The van der Waals surface area contributed by atoms with E-state index < -0.39 is 4.92 Å². The van der Waals surface area contributed by atoms with Crippen molar-refractivity contribution in [3.05, 3.63) is 52.0 Å². The maximum Gasteiger partial charge on any atom is 0.343 e. The lowest BCUT2D eigenvalue weighted by Gasteiger charge is -2.00. The molecule has 1 aromatic carbocycles. The zero-order chi connectivity index (χ0) is 15.2. The molecular formula is C14H15N3O4. The summed E-state index contributed by atoms with van der Waals surface area (Å²) in [5.41, 5.74) is 0.914. The number of nitrogens with zero attached hydrogens (tertiary/aromatic N) is 3. The first kappa shape index (κ1) is 14.7. The van der Waals surface area contributed by atoms with E-state index in [0.717, 1.165) is 11.3 Å². The molecule has 0 bridgehead atoms. The Hall–Kier alpha value is -2.67. The third kappa shape index (κ3) is 3.46. The summed E-state index contributed by atoms with van der Waals surface area (Å²) < 4.78 is 6.43. The number of benzene rings is 1. The van der Waals surface area contributed by atoms with E-state index in [4.69, 9.17) is 9.84 Å². The summed E-state index contributed by atoms with van der Waals surface area (Å²) >= 11 is 0. The van der Waals surface area contributed by atoms with Gasteiger partial charge in [0.05, 0.1) is 13.7 Å². The molecule has 0 fully saturated rings. The molecule has 2 aromatic rings. The number of aliphatic hydroxyl groups is 1. The maximum absolute atomic E-state index is 10.9. The van der Waals surface area contributed by atoms with E-state index in [1.54, 1.807) is 19.3 Å². The van der Waals surface area contributed by atoms with Crippen LogP contribution in [0.15, 0.2) is 30.5 Å². The zero-order valence-corrected chi connectivity index (χ0v) is 11.5. The molecule has 0 aliphatic rings. The van der Waals surface area contributed by atoms with Crippen LogP contribution in [0.25, 0.3) is 12.2 Å². The minimum Gasteiger partial charge on any atom is -0.497 e. The highest BCUT2D eigenvalue weighted by atomic mass is 16.6. The fourth-order valence-electron chi connectivity index (χ4n) is 1.87. The first-order valence-electron chi connectivity index (χ1n) is 6.28. The molecule has 0 saturated carbocycles. The van der Waals surface area contributed by atoms with Gasteiger partial charge in [0.2, 0.25) is 5.82 Å². The van der Waals surface area contributed by atoms with Crippen LogP contribution in [0.1, 0.15) is 11.4 Å². The van der Waals surface area contributed by atoms with Crippen molar-refractivity contribution in [1.29, 1.82) is 0 Å². The number of hydrogen-bond acceptors (Lipinski definition) is 5. The molecule has 2 rings (SSSR count). The number of ether oxygens (including phenoxy) is 1. The molecule has 0 aliphatic carbocycles. The van der Waals surface area contributed by atoms with E-state index in [1.165, 1.54) is 10.8 Å². The number of aliphatic hydroxyl groups excluding tert-OH is 1. The third-order valence-corrected chi connectivity index (χ3v) is 2.92. The average molecular weight is 289 g/mol. The first-order chi connectivity index (χ1) is 10.2. The lowest BCUT2D eigenvalue weighted by atomic mass is 10.2. The molecule has 7 nitrogen and oxygen atoms in total. The van der Waals surface area contributed by atoms with E-state index in [1.807, 2.05) is 24.3 Å². The Balaban J connectivity index is 2.25. The van der Waals surface area contributed by atoms with Crippen molar-refractivity contribution in [3.63, 3.8) is 0 Å². The van der Waals surface area contributed by atoms with Crippen LogP contribution in [0.2, 0.25) is 0 Å². The maximum atomic E-state index is 10.9. The minimum absolute atomic E-state index is 0.124. The van der Waals surface area contributed by atoms with Gasteiger partial charge in [-0.05, 0) is 28.7 Å². The van der Waals surface area contributed by atoms with Gasteiger partial charge in [-0.3, -0.25) is 0 Å². The molecule has 0 aliphatic heterocycles. The zero-order valence-electron chi connectivity index (χ0n) is 11.5. The summed E-state index contributed by atoms with van der Waals surface area (Å²) in [6.45, 7) is -0.0703. The van der Waals surface area contributed by atoms with E-state index in [-0.39, 0.29) is 19.0 Å². The standard InChI is InChI=1S/C14H15N3O4/c1-21-12-5-2-11(3-6-12)4-7-13-15-10-14(17(19)20)16(13)8-9-18/h2-7,10,18H,8-9H2,1H3/b7-4+. The van der Waals surface area contributed by atoms with Crippen molar-refractivity contribution >= 4 is 18.0 Å². The number of methoxy groups -OCH3 is 1. The number of aromatic nitrogens is 2. The second-order valence-electron chi connectivity index (χ2n) is 4.21. The molecule has 0 atom stereocenters. The normalized spacial score (nSPS) is 11.0. The van der Waals surface area contributed by atoms with Gasteiger partial charge in [-0.15, -0.1) is 0 Å². The predicted molar refractivity (Wildman–Crippen MR) is 77.9 cm³/mol. The summed E-state index contributed by atoms with van der Waals surface area (Å²) in [5, 5.41) is 19.9. The topological polar surface area (TPSA) is 90.4 Å². The number of hydrogen-bond donors (Lipinski definition) is 1. The minimum atomic E-state index is -0.520. The largest absolute Gasteiger partial charge is 0.497 e. The van der Waals surface area contributed by atoms with Crippen LogP contribution in [0, 0.1) is 10.1 Å². The van der Waals surface area contributed by atoms with Gasteiger partial charge in [0.15, 0.2) is 0 Å². The van der Waals surface area contributed by atoms with Crippen molar-refractivity contribution in [2.45, 2.75) is 6.54 Å². The number of imidazole rings is 1. The Bertz CT molecular complexity index is 647. The van der Waals surface area contributed by atoms with E-state index in [0.29, 0.717) is 5.82 Å². The van der Waals surface area contributed by atoms with Crippen LogP contribution in [0.3, 0.4) is 0 Å². The van der Waals surface area contributed by atoms with Crippen LogP contribution in [-0.4, -0.2) is 33.3 Å². The molecule has 0 saturated heterocycles. The SMILES string of the molecule is COc1ccc(/C=C/c2ncc([N+](=O)[O-])n2CCO)cc1. The van der Waals surface area contributed by atoms with Crippen LogP contribution >= 0.6 is 0 Å². The molecule has 1 aromatic heterocycles. The number of nitro groups is 1. The molecule has 0 amide bonds. The third-order valence-electron chi connectivity index (χ3n) is 2.92. The van der Waals surface area contributed by atoms with Crippen LogP contribution < -0.4 is 4.74 Å². The van der Waals surface area contributed by atoms with Gasteiger partial charge in [-0.2, -0.15) is 0 Å². The van der Waals surface area contributed by atoms with Gasteiger partial charge in [0.25, 0.3) is 0 Å². The second-order valence-corrected chi connectivity index (χ2v) is 4.21. The van der Waals surface area contributed by atoms with Crippen molar-refractivity contribution in [3.8, 4) is 5.75 Å². The van der Waals surface area contributed by atoms with Gasteiger partial charge < -0.3 is 20.0 Å². The summed E-state index contributed by atoms with van der Waals surface area (Å²) in [5.74, 6) is 1.04. The predicted octanol–water partition coefficient (Wildman–Crippen LogP) is 1.96. The molecule has 0 unspecified atom stereocenters. The first-order valence-corrected chi connectivity index (χ1v) is 6.28. The molecule has 0 radical (unpaired) electrons. The summed E-state index contributed by atoms with van der Waals surface area (Å²) in [4.78, 5) is 14.4. The Morgan fingerprint density at radius 3 is 2.67 bits per heavy atom. The van der Waals surface area contributed by atoms with E-state index >= 15 is 0 Å². The summed E-state index contributed by atoms with van der Waals surface area (Å²) in [6.07, 6.45) is 4.65. The van der Waals surface area contributed by atoms with Crippen LogP contribution in [-0.2, 0) is 6.54 Å². The quantitative estimate of drug-likeness (QED) is 0.648. The lowest BCUT2D eigenvalue weighted by molar-refractivity contribution is -0.392. The smallest absolute Gasteiger partial charge is 0.343 e. The monoisotopic (exact) mass is 289 g/mol. The molecule has 110 valence electrons. The van der Waals surface area contributed by atoms with Gasteiger partial charge in [-0.25, -0.2) is 9.55 Å². The van der Waals surface area contributed by atoms with Crippen LogP contribution in [0.4, 0.5) is 5.82 Å². The summed E-state index contributed by atoms with van der Waals surface area (Å²) in [6, 6.07) is 7.37. The van der Waals surface area contributed by atoms with E-state index in [9.17, 15) is 10.1 Å². The Kier molecular flexibility index (Phi) is 4.68. The van der Waals surface area contributed by atoms with Crippen molar-refractivity contribution < 1.29 is 14.8 Å². The van der Waals surface area contributed by atoms with E-state index in [2.05, 4.69) is 4.98 Å². The molecule has 7 heteroatoms. The van der Waals surface area contributed by atoms with Crippen LogP contribution in [0.5, 0.6) is 5.75 Å². The highest BCUT2D eigenvalue weighted by Gasteiger charge is 2.17. The van der Waals surface area contributed by atoms with Gasteiger partial charge in [0, 0.05) is 6.08 Å². The fourth-order valence-corrected chi connectivity index (χ4v) is 1.87. The lowest BCUT2D eigenvalue weighted by Crippen LogP contribution is -2.07. The Labute approximate surface area is 121 Å². The molecule has 1 N–H and O–H groups in total. The molecular weight excluding hydrogens is 274 g/mol. The highest BCUT2D eigenvalue weighted by molar-refractivity contribution is 5.67. The highest BCUT2D eigenvalue weighted by Crippen LogP contribution is 2.17. The van der Waals surface area contributed by atoms with Gasteiger partial charge in [0.1, 0.15) is 18.5 Å². The Morgan fingerprint density at radius 1 is 1.38 bits per heavy atom. The average Bonchev–Trinajstić information content (AvgIpc) is 2.89. The van der Waals surface area contributed by atoms with Crippen molar-refractivity contribution in [1.82, 2.24) is 9.55 Å². The number of rotatable bonds is 6. The van der Waals surface area contributed by atoms with Crippen molar-refractivity contribution in [2.24, 2.45) is 0 Å². The molecule has 21 heavy (non-hydrogen) atoms. The van der Waals surface area contributed by atoms with Crippen molar-refractivity contribution in [2.75, 3.05) is 13.7 Å². The molecule has 0 spiro atoms. The van der Waals surface area contributed by atoms with Gasteiger partial charge >= 0.3 is 5.82 Å². The fraction of sp³-hybridized carbons (Fsp3) is 0.214.